The summed E-state index contributed by atoms with van der Waals surface area (Å²) in [6.07, 6.45) is -1.12. The number of hydrogen-bond acceptors (Lipinski definition) is 13. The molecule has 3 heterocycles. The van der Waals surface area contributed by atoms with Crippen molar-refractivity contribution >= 4 is 39.4 Å². The van der Waals surface area contributed by atoms with Crippen LogP contribution >= 0.6 is 11.6 Å². The highest BCUT2D eigenvalue weighted by Gasteiger charge is 2.18. The fourth-order valence-corrected chi connectivity index (χ4v) is 3.85. The first-order valence-electron chi connectivity index (χ1n) is 11.9. The Balaban J connectivity index is 1.30. The van der Waals surface area contributed by atoms with E-state index in [9.17, 15) is 19.5 Å². The number of benzene rings is 2. The van der Waals surface area contributed by atoms with Crippen molar-refractivity contribution in [3.05, 3.63) is 68.7 Å². The number of carbonyl (C=O) groups is 1. The molecule has 0 fully saturated rings. The van der Waals surface area contributed by atoms with Gasteiger partial charge in [0.1, 0.15) is 59.7 Å². The number of hydrogen-bond donors (Lipinski definition) is 4. The van der Waals surface area contributed by atoms with E-state index in [2.05, 4.69) is 20.6 Å². The quantitative estimate of drug-likeness (QED) is 0.0986. The third kappa shape index (κ3) is 6.11. The molecule has 1 amide bonds. The lowest BCUT2D eigenvalue weighted by atomic mass is 10.2. The van der Waals surface area contributed by atoms with Crippen LogP contribution in [0.2, 0.25) is 0 Å². The number of halogens is 1. The summed E-state index contributed by atoms with van der Waals surface area (Å²) >= 11 is 5.71. The van der Waals surface area contributed by atoms with Gasteiger partial charge in [0.05, 0.1) is 11.3 Å². The van der Waals surface area contributed by atoms with Crippen LogP contribution in [0.4, 0.5) is 0 Å². The number of aromatic amines is 1. The van der Waals surface area contributed by atoms with Crippen LogP contribution in [-0.2, 0) is 0 Å². The van der Waals surface area contributed by atoms with Crippen molar-refractivity contribution in [2.45, 2.75) is 6.10 Å². The Bertz CT molecular complexity index is 1820. The van der Waals surface area contributed by atoms with Crippen LogP contribution in [0.1, 0.15) is 10.6 Å². The van der Waals surface area contributed by atoms with Crippen LogP contribution in [0, 0.1) is 0 Å². The molecule has 0 aliphatic carbocycles. The number of fused-ring (bicyclic) bond motifs is 2. The summed E-state index contributed by atoms with van der Waals surface area (Å²) in [5.41, 5.74) is 0.660. The number of aliphatic hydroxyl groups excluding tert-OH is 1. The number of nitrogens with one attached hydrogen (secondary N) is 2. The number of amides is 1. The van der Waals surface area contributed by atoms with E-state index in [4.69, 9.17) is 39.9 Å². The molecule has 5 rings (SSSR count). The Morgan fingerprint density at radius 1 is 1.00 bits per heavy atom. The zero-order chi connectivity index (χ0) is 28.9. The van der Waals surface area contributed by atoms with Gasteiger partial charge < -0.3 is 28.2 Å². The summed E-state index contributed by atoms with van der Waals surface area (Å²) in [4.78, 5) is 36.8. The molecule has 0 bridgehead atoms. The Morgan fingerprint density at radius 3 is 2.51 bits per heavy atom. The van der Waals surface area contributed by atoms with Gasteiger partial charge in [-0.25, -0.2) is 5.48 Å². The Kier molecular flexibility index (Phi) is 8.09. The van der Waals surface area contributed by atoms with Crippen LogP contribution in [0.25, 0.3) is 33.5 Å². The van der Waals surface area contributed by atoms with Gasteiger partial charge >= 0.3 is 5.91 Å². The molecule has 0 saturated carbocycles. The zero-order valence-electron chi connectivity index (χ0n) is 20.8. The maximum Gasteiger partial charge on any atom is 0.310 e. The molecule has 0 radical (unpaired) electrons. The molecule has 16 heteroatoms. The number of H-pyrrole nitrogens is 1. The number of nitrogens with zero attached hydrogens (tertiary/aromatic N) is 3. The van der Waals surface area contributed by atoms with Crippen molar-refractivity contribution in [2.75, 3.05) is 25.7 Å². The van der Waals surface area contributed by atoms with Crippen molar-refractivity contribution in [1.82, 2.24) is 26.1 Å². The molecule has 0 spiro atoms. The molecule has 2 aromatic carbocycles. The number of aromatic nitrogens is 4. The molecular weight excluding hydrogens is 566 g/mol. The molecule has 15 nitrogen and oxygen atoms in total. The third-order valence-electron chi connectivity index (χ3n) is 5.58. The van der Waals surface area contributed by atoms with Gasteiger partial charge in [-0.2, -0.15) is 5.21 Å². The number of tetrazole rings is 1. The standard InChI is InChI=1S/C25H20ClN5O10/c26-3-4-37-19-6-14(7-20-23(19)17(34)9-22(41-20)25(35)29-36)39-11-12(32)10-38-13-1-2-15-16(33)8-21(40-18(15)5-13)24-27-30-31-28-24/h1-2,5-9,12,32,36H,3-4,10-11H2,(H,29,35)(H,27,28,30,31). The summed E-state index contributed by atoms with van der Waals surface area (Å²) in [7, 11) is 0. The second-order valence-corrected chi connectivity index (χ2v) is 8.77. The first-order valence-corrected chi connectivity index (χ1v) is 12.4. The molecule has 0 saturated heterocycles. The molecular formula is C25H20ClN5O10. The van der Waals surface area contributed by atoms with Gasteiger partial charge in [-0.1, -0.05) is 0 Å². The average molecular weight is 586 g/mol. The summed E-state index contributed by atoms with van der Waals surface area (Å²) in [5.74, 6) is -0.552. The smallest absolute Gasteiger partial charge is 0.310 e. The van der Waals surface area contributed by atoms with E-state index in [1.165, 1.54) is 35.8 Å². The van der Waals surface area contributed by atoms with Gasteiger partial charge in [-0.3, -0.25) is 19.6 Å². The molecule has 1 atom stereocenters. The maximum atomic E-state index is 12.6. The van der Waals surface area contributed by atoms with E-state index in [1.807, 2.05) is 0 Å². The minimum absolute atomic E-state index is 0.0336. The van der Waals surface area contributed by atoms with Crippen molar-refractivity contribution < 1.29 is 38.2 Å². The lowest BCUT2D eigenvalue weighted by Crippen LogP contribution is -2.25. The van der Waals surface area contributed by atoms with E-state index in [1.54, 1.807) is 6.07 Å². The SMILES string of the molecule is O=C(NO)c1cc(=O)c2c(OCCCl)cc(OCC(O)COc3ccc4c(=O)cc(-c5nn[nH]n5)oc4c3)cc2o1. The Morgan fingerprint density at radius 2 is 1.78 bits per heavy atom. The number of alkyl halides is 1. The first-order chi connectivity index (χ1) is 19.9. The maximum absolute atomic E-state index is 12.6. The number of ether oxygens (including phenoxy) is 3. The molecule has 212 valence electrons. The van der Waals surface area contributed by atoms with Gasteiger partial charge in [0.25, 0.3) is 0 Å². The van der Waals surface area contributed by atoms with E-state index in [0.29, 0.717) is 11.1 Å². The predicted molar refractivity (Wildman–Crippen MR) is 141 cm³/mol. The van der Waals surface area contributed by atoms with Gasteiger partial charge in [0.2, 0.25) is 5.82 Å². The fourth-order valence-electron chi connectivity index (χ4n) is 3.78. The Hall–Kier alpha value is -4.99. The third-order valence-corrected chi connectivity index (χ3v) is 5.73. The second-order valence-electron chi connectivity index (χ2n) is 8.39. The van der Waals surface area contributed by atoms with E-state index in [-0.39, 0.29) is 70.8 Å². The Labute approximate surface area is 233 Å². The highest BCUT2D eigenvalue weighted by atomic mass is 35.5. The van der Waals surface area contributed by atoms with Crippen LogP contribution in [0.3, 0.4) is 0 Å². The lowest BCUT2D eigenvalue weighted by molar-refractivity contribution is 0.0626. The van der Waals surface area contributed by atoms with Crippen LogP contribution < -0.4 is 30.5 Å². The lowest BCUT2D eigenvalue weighted by Gasteiger charge is -2.15. The van der Waals surface area contributed by atoms with Gasteiger partial charge in [0.15, 0.2) is 22.4 Å². The molecule has 0 aliphatic rings. The van der Waals surface area contributed by atoms with Crippen molar-refractivity contribution in [1.29, 1.82) is 0 Å². The van der Waals surface area contributed by atoms with E-state index in [0.717, 1.165) is 6.07 Å². The van der Waals surface area contributed by atoms with Crippen LogP contribution in [0.5, 0.6) is 17.2 Å². The van der Waals surface area contributed by atoms with Gasteiger partial charge in [0, 0.05) is 30.3 Å². The van der Waals surface area contributed by atoms with Gasteiger partial charge in [-0.05, 0) is 17.3 Å². The van der Waals surface area contributed by atoms with E-state index >= 15 is 0 Å². The normalized spacial score (nSPS) is 11.9. The summed E-state index contributed by atoms with van der Waals surface area (Å²) in [6, 6.07) is 9.47. The van der Waals surface area contributed by atoms with Crippen molar-refractivity contribution in [3.8, 4) is 28.8 Å². The average Bonchev–Trinajstić information content (AvgIpc) is 3.52. The highest BCUT2D eigenvalue weighted by molar-refractivity contribution is 6.18. The molecule has 0 aliphatic heterocycles. The minimum atomic E-state index is -1.12. The molecule has 5 aromatic rings. The minimum Gasteiger partial charge on any atom is -0.491 e. The van der Waals surface area contributed by atoms with Gasteiger partial charge in [-0.15, -0.1) is 21.8 Å². The zero-order valence-corrected chi connectivity index (χ0v) is 21.6. The fraction of sp³-hybridized carbons (Fsp3) is 0.200. The molecule has 41 heavy (non-hydrogen) atoms. The predicted octanol–water partition coefficient (Wildman–Crippen LogP) is 1.63. The number of aliphatic hydroxyl groups is 1. The van der Waals surface area contributed by atoms with Crippen LogP contribution in [0.15, 0.2) is 60.9 Å². The summed E-state index contributed by atoms with van der Waals surface area (Å²) < 4.78 is 28.0. The van der Waals surface area contributed by atoms with Crippen molar-refractivity contribution in [3.63, 3.8) is 0 Å². The van der Waals surface area contributed by atoms with E-state index < -0.39 is 23.2 Å². The topological polar surface area (TPSA) is 212 Å². The summed E-state index contributed by atoms with van der Waals surface area (Å²) in [6.45, 7) is -0.372. The van der Waals surface area contributed by atoms with Crippen LogP contribution in [-0.4, -0.2) is 68.6 Å². The largest absolute Gasteiger partial charge is 0.491 e. The number of hydroxylamine groups is 1. The summed E-state index contributed by atoms with van der Waals surface area (Å²) in [5, 5.41) is 33.0. The highest BCUT2D eigenvalue weighted by Crippen LogP contribution is 2.30. The number of carbonyl (C=O) groups excluding carboxylic acids is 1. The number of rotatable bonds is 11. The first kappa shape index (κ1) is 27.6. The second kappa shape index (κ2) is 12.0. The molecule has 3 aromatic heterocycles. The molecule has 4 N–H and O–H groups in total. The monoisotopic (exact) mass is 585 g/mol. The van der Waals surface area contributed by atoms with Crippen molar-refractivity contribution in [2.24, 2.45) is 0 Å². The molecule has 1 unspecified atom stereocenters.